The zero-order chi connectivity index (χ0) is 16.5. The number of urea groups is 1. The highest BCUT2D eigenvalue weighted by Crippen LogP contribution is 2.14. The number of piperidine rings is 1. The molecule has 1 aliphatic rings. The third kappa shape index (κ3) is 8.34. The van der Waals surface area contributed by atoms with Gasteiger partial charge in [-0.25, -0.2) is 4.79 Å². The average molecular weight is 313 g/mol. The molecule has 22 heavy (non-hydrogen) atoms. The van der Waals surface area contributed by atoms with Gasteiger partial charge in [-0.1, -0.05) is 27.7 Å². The molecule has 0 spiro atoms. The van der Waals surface area contributed by atoms with Crippen molar-refractivity contribution in [1.82, 2.24) is 15.5 Å². The van der Waals surface area contributed by atoms with Crippen molar-refractivity contribution in [2.45, 2.75) is 46.6 Å². The molecule has 0 aliphatic carbocycles. The fourth-order valence-electron chi connectivity index (χ4n) is 2.27. The van der Waals surface area contributed by atoms with Crippen molar-refractivity contribution in [2.24, 2.45) is 11.8 Å². The fraction of sp³-hybridized carbons (Fsp3) is 0.875. The van der Waals surface area contributed by atoms with Crippen LogP contribution in [0.1, 0.15) is 40.5 Å². The van der Waals surface area contributed by atoms with Gasteiger partial charge in [0.2, 0.25) is 5.91 Å². The van der Waals surface area contributed by atoms with Crippen LogP contribution in [-0.4, -0.2) is 55.7 Å². The van der Waals surface area contributed by atoms with Crippen molar-refractivity contribution < 1.29 is 14.3 Å². The van der Waals surface area contributed by atoms with Crippen LogP contribution >= 0.6 is 0 Å². The maximum Gasteiger partial charge on any atom is 0.321 e. The van der Waals surface area contributed by atoms with E-state index in [0.717, 1.165) is 32.5 Å². The van der Waals surface area contributed by atoms with E-state index in [1.165, 1.54) is 0 Å². The standard InChI is InChI=1S/C16H31N3O3/c1-12(2)9-17-16(21)18-15(20)10-19-7-5-14(6-8-19)22-11-13(3)4/h12-14H,5-11H2,1-4H3,(H2,17,18,20,21). The molecule has 0 radical (unpaired) electrons. The Morgan fingerprint density at radius 3 is 2.32 bits per heavy atom. The van der Waals surface area contributed by atoms with E-state index in [0.29, 0.717) is 24.5 Å². The monoisotopic (exact) mass is 313 g/mol. The number of nitrogens with zero attached hydrogens (tertiary/aromatic N) is 1. The molecule has 0 bridgehead atoms. The number of hydrogen-bond acceptors (Lipinski definition) is 4. The van der Waals surface area contributed by atoms with Gasteiger partial charge in [0.05, 0.1) is 12.6 Å². The maximum absolute atomic E-state index is 11.8. The lowest BCUT2D eigenvalue weighted by Crippen LogP contribution is -2.47. The summed E-state index contributed by atoms with van der Waals surface area (Å²) in [7, 11) is 0. The van der Waals surface area contributed by atoms with Crippen molar-refractivity contribution >= 4 is 11.9 Å². The van der Waals surface area contributed by atoms with E-state index < -0.39 is 6.03 Å². The summed E-state index contributed by atoms with van der Waals surface area (Å²) in [6.45, 7) is 11.6. The van der Waals surface area contributed by atoms with Crippen molar-refractivity contribution in [3.63, 3.8) is 0 Å². The number of carbonyl (C=O) groups is 2. The lowest BCUT2D eigenvalue weighted by molar-refractivity contribution is -0.121. The fourth-order valence-corrected chi connectivity index (χ4v) is 2.27. The molecule has 6 heteroatoms. The summed E-state index contributed by atoms with van der Waals surface area (Å²) in [6.07, 6.45) is 2.19. The first kappa shape index (κ1) is 18.9. The zero-order valence-corrected chi connectivity index (χ0v) is 14.4. The maximum atomic E-state index is 11.8. The highest BCUT2D eigenvalue weighted by molar-refractivity contribution is 5.95. The van der Waals surface area contributed by atoms with Gasteiger partial charge in [0, 0.05) is 26.2 Å². The van der Waals surface area contributed by atoms with Gasteiger partial charge in [-0.05, 0) is 24.7 Å². The van der Waals surface area contributed by atoms with Gasteiger partial charge < -0.3 is 10.1 Å². The van der Waals surface area contributed by atoms with E-state index >= 15 is 0 Å². The summed E-state index contributed by atoms with van der Waals surface area (Å²) in [4.78, 5) is 25.4. The quantitative estimate of drug-likeness (QED) is 0.749. The molecule has 1 fully saturated rings. The first-order valence-corrected chi connectivity index (χ1v) is 8.28. The highest BCUT2D eigenvalue weighted by atomic mass is 16.5. The highest BCUT2D eigenvalue weighted by Gasteiger charge is 2.22. The molecule has 1 aliphatic heterocycles. The van der Waals surface area contributed by atoms with Crippen LogP contribution in [0, 0.1) is 11.8 Å². The Morgan fingerprint density at radius 2 is 1.77 bits per heavy atom. The van der Waals surface area contributed by atoms with Crippen molar-refractivity contribution in [2.75, 3.05) is 32.8 Å². The predicted octanol–water partition coefficient (Wildman–Crippen LogP) is 1.61. The topological polar surface area (TPSA) is 70.7 Å². The minimum atomic E-state index is -0.408. The third-order valence-electron chi connectivity index (χ3n) is 3.49. The predicted molar refractivity (Wildman–Crippen MR) is 86.6 cm³/mol. The Kier molecular flexibility index (Phi) is 8.42. The largest absolute Gasteiger partial charge is 0.378 e. The molecule has 128 valence electrons. The molecule has 0 aromatic heterocycles. The number of ether oxygens (including phenoxy) is 1. The summed E-state index contributed by atoms with van der Waals surface area (Å²) < 4.78 is 5.83. The van der Waals surface area contributed by atoms with Crippen LogP contribution in [0.4, 0.5) is 4.79 Å². The molecule has 2 N–H and O–H groups in total. The molecule has 0 atom stereocenters. The van der Waals surface area contributed by atoms with Crippen molar-refractivity contribution in [3.8, 4) is 0 Å². The smallest absolute Gasteiger partial charge is 0.321 e. The Labute approximate surface area is 134 Å². The molecular formula is C16H31N3O3. The lowest BCUT2D eigenvalue weighted by atomic mass is 10.1. The van der Waals surface area contributed by atoms with Gasteiger partial charge in [0.25, 0.3) is 0 Å². The second-order valence-electron chi connectivity index (χ2n) is 6.85. The van der Waals surface area contributed by atoms with Crippen molar-refractivity contribution in [3.05, 3.63) is 0 Å². The van der Waals surface area contributed by atoms with E-state index in [1.807, 2.05) is 13.8 Å². The number of nitrogens with one attached hydrogen (secondary N) is 2. The molecule has 1 rings (SSSR count). The van der Waals surface area contributed by atoms with E-state index in [4.69, 9.17) is 4.74 Å². The molecule has 1 heterocycles. The number of likely N-dealkylation sites (tertiary alicyclic amines) is 1. The zero-order valence-electron chi connectivity index (χ0n) is 14.4. The van der Waals surface area contributed by atoms with E-state index in [2.05, 4.69) is 29.4 Å². The lowest BCUT2D eigenvalue weighted by Gasteiger charge is -2.31. The van der Waals surface area contributed by atoms with Gasteiger partial charge in [0.1, 0.15) is 0 Å². The summed E-state index contributed by atoms with van der Waals surface area (Å²) >= 11 is 0. The number of carbonyl (C=O) groups excluding carboxylic acids is 2. The Morgan fingerprint density at radius 1 is 1.14 bits per heavy atom. The van der Waals surface area contributed by atoms with E-state index in [1.54, 1.807) is 0 Å². The minimum Gasteiger partial charge on any atom is -0.378 e. The van der Waals surface area contributed by atoms with Gasteiger partial charge >= 0.3 is 6.03 Å². The first-order chi connectivity index (χ1) is 10.4. The summed E-state index contributed by atoms with van der Waals surface area (Å²) in [5.41, 5.74) is 0. The Hall–Kier alpha value is -1.14. The summed E-state index contributed by atoms with van der Waals surface area (Å²) in [5.74, 6) is 0.668. The van der Waals surface area contributed by atoms with Gasteiger partial charge in [-0.15, -0.1) is 0 Å². The molecular weight excluding hydrogens is 282 g/mol. The van der Waals surface area contributed by atoms with Crippen LogP contribution in [0.3, 0.4) is 0 Å². The van der Waals surface area contributed by atoms with Crippen LogP contribution in [0.25, 0.3) is 0 Å². The second kappa shape index (κ2) is 9.79. The van der Waals surface area contributed by atoms with Gasteiger partial charge in [-0.2, -0.15) is 0 Å². The molecule has 6 nitrogen and oxygen atoms in total. The van der Waals surface area contributed by atoms with E-state index in [-0.39, 0.29) is 12.5 Å². The van der Waals surface area contributed by atoms with Crippen LogP contribution in [0.15, 0.2) is 0 Å². The number of imide groups is 1. The molecule has 0 unspecified atom stereocenters. The molecule has 0 saturated carbocycles. The number of rotatable bonds is 7. The normalized spacial score (nSPS) is 17.0. The summed E-state index contributed by atoms with van der Waals surface area (Å²) in [6, 6.07) is -0.408. The first-order valence-electron chi connectivity index (χ1n) is 8.28. The van der Waals surface area contributed by atoms with Crippen LogP contribution < -0.4 is 10.6 Å². The van der Waals surface area contributed by atoms with E-state index in [9.17, 15) is 9.59 Å². The second-order valence-corrected chi connectivity index (χ2v) is 6.85. The van der Waals surface area contributed by atoms with Gasteiger partial charge in [-0.3, -0.25) is 15.0 Å². The Bertz CT molecular complexity index is 351. The van der Waals surface area contributed by atoms with Crippen molar-refractivity contribution in [1.29, 1.82) is 0 Å². The van der Waals surface area contributed by atoms with Crippen LogP contribution in [0.2, 0.25) is 0 Å². The summed E-state index contributed by atoms with van der Waals surface area (Å²) in [5, 5.41) is 5.05. The molecule has 0 aromatic carbocycles. The SMILES string of the molecule is CC(C)CNC(=O)NC(=O)CN1CCC(OCC(C)C)CC1. The average Bonchev–Trinajstić information content (AvgIpc) is 2.44. The van der Waals surface area contributed by atoms with Gasteiger partial charge in [0.15, 0.2) is 0 Å². The minimum absolute atomic E-state index is 0.247. The Balaban J connectivity index is 2.17. The molecule has 1 saturated heterocycles. The molecule has 0 aromatic rings. The molecule has 3 amide bonds. The number of hydrogen-bond donors (Lipinski definition) is 2. The van der Waals surface area contributed by atoms with Crippen LogP contribution in [-0.2, 0) is 9.53 Å². The van der Waals surface area contributed by atoms with Crippen LogP contribution in [0.5, 0.6) is 0 Å². The third-order valence-corrected chi connectivity index (χ3v) is 3.49. The number of amides is 3.